The lowest BCUT2D eigenvalue weighted by atomic mass is 10.0. The highest BCUT2D eigenvalue weighted by atomic mass is 35.7. The maximum absolute atomic E-state index is 10.9. The van der Waals surface area contributed by atoms with Crippen LogP contribution in [0.3, 0.4) is 0 Å². The lowest BCUT2D eigenvalue weighted by molar-refractivity contribution is 0.609. The summed E-state index contributed by atoms with van der Waals surface area (Å²) in [6.45, 7) is 3.66. The van der Waals surface area contributed by atoms with Gasteiger partial charge in [0.1, 0.15) is 0 Å². The average Bonchev–Trinajstić information content (AvgIpc) is 2.01. The first-order valence-corrected chi connectivity index (χ1v) is 6.64. The summed E-state index contributed by atoms with van der Waals surface area (Å²) in [5.74, 6) is 0. The summed E-state index contributed by atoms with van der Waals surface area (Å²) in [6.07, 6.45) is 0. The largest absolute Gasteiger partial charge is 0.261 e. The van der Waals surface area contributed by atoms with E-state index in [0.717, 1.165) is 5.56 Å². The van der Waals surface area contributed by atoms with Crippen molar-refractivity contribution in [2.75, 3.05) is 0 Å². The molecule has 1 rings (SSSR count). The summed E-state index contributed by atoms with van der Waals surface area (Å²) in [7, 11) is 1.53. The van der Waals surface area contributed by atoms with Crippen molar-refractivity contribution >= 4 is 31.3 Å². The summed E-state index contributed by atoms with van der Waals surface area (Å²) in [5, 5.41) is 0. The standard InChI is InChI=1S/C9H10Cl2O2S/c1-9(2,10)7-3-5-8(6-4-7)14(11,12)13/h3-6H,1-2H3. The van der Waals surface area contributed by atoms with Crippen LogP contribution >= 0.6 is 22.3 Å². The van der Waals surface area contributed by atoms with E-state index in [-0.39, 0.29) is 4.90 Å². The van der Waals surface area contributed by atoms with Gasteiger partial charge in [0, 0.05) is 10.7 Å². The minimum absolute atomic E-state index is 0.0869. The van der Waals surface area contributed by atoms with Crippen LogP contribution in [0.2, 0.25) is 0 Å². The average molecular weight is 253 g/mol. The van der Waals surface area contributed by atoms with E-state index in [1.54, 1.807) is 12.1 Å². The molecule has 0 unspecified atom stereocenters. The highest BCUT2D eigenvalue weighted by molar-refractivity contribution is 8.13. The first kappa shape index (κ1) is 11.8. The van der Waals surface area contributed by atoms with Crippen LogP contribution in [0.25, 0.3) is 0 Å². The number of rotatable bonds is 2. The molecule has 0 atom stereocenters. The van der Waals surface area contributed by atoms with Crippen LogP contribution in [0.5, 0.6) is 0 Å². The fourth-order valence-corrected chi connectivity index (χ4v) is 1.91. The molecule has 0 aliphatic carbocycles. The highest BCUT2D eigenvalue weighted by Crippen LogP contribution is 2.28. The molecule has 0 aromatic heterocycles. The van der Waals surface area contributed by atoms with Crippen LogP contribution < -0.4 is 0 Å². The van der Waals surface area contributed by atoms with Gasteiger partial charge in [-0.15, -0.1) is 11.6 Å². The molecule has 14 heavy (non-hydrogen) atoms. The molecule has 0 N–H and O–H groups in total. The maximum Gasteiger partial charge on any atom is 0.261 e. The Kier molecular flexibility index (Phi) is 3.14. The Balaban J connectivity index is 3.14. The van der Waals surface area contributed by atoms with E-state index in [0.29, 0.717) is 0 Å². The van der Waals surface area contributed by atoms with E-state index in [1.807, 2.05) is 13.8 Å². The van der Waals surface area contributed by atoms with E-state index in [4.69, 9.17) is 22.3 Å². The van der Waals surface area contributed by atoms with Gasteiger partial charge in [-0.05, 0) is 31.5 Å². The molecule has 0 amide bonds. The molecule has 0 fully saturated rings. The predicted octanol–water partition coefficient (Wildman–Crippen LogP) is 3.09. The normalized spacial score (nSPS) is 12.9. The second kappa shape index (κ2) is 3.72. The van der Waals surface area contributed by atoms with Crippen LogP contribution in [-0.4, -0.2) is 8.42 Å². The molecule has 1 aromatic carbocycles. The molecular formula is C9H10Cl2O2S. The fraction of sp³-hybridized carbons (Fsp3) is 0.333. The number of halogens is 2. The molecule has 0 bridgehead atoms. The SMILES string of the molecule is CC(C)(Cl)c1ccc(S(=O)(=O)Cl)cc1. The van der Waals surface area contributed by atoms with Crippen molar-refractivity contribution in [2.45, 2.75) is 23.6 Å². The van der Waals surface area contributed by atoms with Crippen molar-refractivity contribution in [3.05, 3.63) is 29.8 Å². The van der Waals surface area contributed by atoms with Gasteiger partial charge in [0.25, 0.3) is 9.05 Å². The monoisotopic (exact) mass is 252 g/mol. The predicted molar refractivity (Wildman–Crippen MR) is 58.4 cm³/mol. The molecule has 0 aliphatic rings. The number of benzene rings is 1. The second-order valence-corrected chi connectivity index (χ2v) is 6.95. The maximum atomic E-state index is 10.9. The molecule has 0 radical (unpaired) electrons. The van der Waals surface area contributed by atoms with E-state index in [9.17, 15) is 8.42 Å². The Labute approximate surface area is 93.3 Å². The topological polar surface area (TPSA) is 34.1 Å². The zero-order chi connectivity index (χ0) is 11.0. The van der Waals surface area contributed by atoms with Gasteiger partial charge in [0.15, 0.2) is 0 Å². The third-order valence-electron chi connectivity index (χ3n) is 1.82. The number of alkyl halides is 1. The van der Waals surface area contributed by atoms with Crippen molar-refractivity contribution in [1.82, 2.24) is 0 Å². The quantitative estimate of drug-likeness (QED) is 0.599. The lowest BCUT2D eigenvalue weighted by Gasteiger charge is -2.15. The van der Waals surface area contributed by atoms with E-state index < -0.39 is 13.9 Å². The zero-order valence-corrected chi connectivity index (χ0v) is 10.1. The van der Waals surface area contributed by atoms with Crippen molar-refractivity contribution < 1.29 is 8.42 Å². The minimum atomic E-state index is -3.64. The van der Waals surface area contributed by atoms with E-state index in [2.05, 4.69) is 0 Å². The summed E-state index contributed by atoms with van der Waals surface area (Å²) >= 11 is 6.04. The van der Waals surface area contributed by atoms with Crippen molar-refractivity contribution in [2.24, 2.45) is 0 Å². The fourth-order valence-electron chi connectivity index (χ4n) is 1.01. The van der Waals surface area contributed by atoms with Crippen molar-refractivity contribution in [3.63, 3.8) is 0 Å². The molecule has 1 aromatic rings. The molecule has 0 heterocycles. The smallest absolute Gasteiger partial charge is 0.207 e. The molecular weight excluding hydrogens is 243 g/mol. The lowest BCUT2D eigenvalue weighted by Crippen LogP contribution is -2.07. The third kappa shape index (κ3) is 2.87. The molecule has 0 spiro atoms. The molecule has 0 aliphatic heterocycles. The highest BCUT2D eigenvalue weighted by Gasteiger charge is 2.17. The first-order chi connectivity index (χ1) is 6.21. The van der Waals surface area contributed by atoms with Gasteiger partial charge in [-0.1, -0.05) is 12.1 Å². The van der Waals surface area contributed by atoms with Gasteiger partial charge >= 0.3 is 0 Å². The van der Waals surface area contributed by atoms with Crippen LogP contribution in [0.15, 0.2) is 29.2 Å². The molecule has 2 nitrogen and oxygen atoms in total. The summed E-state index contributed by atoms with van der Waals surface area (Å²) in [6, 6.07) is 6.20. The molecule has 78 valence electrons. The van der Waals surface area contributed by atoms with E-state index >= 15 is 0 Å². The van der Waals surface area contributed by atoms with Gasteiger partial charge in [0.05, 0.1) is 9.77 Å². The first-order valence-electron chi connectivity index (χ1n) is 3.95. The third-order valence-corrected chi connectivity index (χ3v) is 3.41. The Morgan fingerprint density at radius 3 is 1.86 bits per heavy atom. The van der Waals surface area contributed by atoms with Crippen molar-refractivity contribution in [3.8, 4) is 0 Å². The summed E-state index contributed by atoms with van der Waals surface area (Å²) < 4.78 is 21.9. The van der Waals surface area contributed by atoms with Crippen molar-refractivity contribution in [1.29, 1.82) is 0 Å². The minimum Gasteiger partial charge on any atom is -0.207 e. The van der Waals surface area contributed by atoms with Gasteiger partial charge in [-0.2, -0.15) is 0 Å². The van der Waals surface area contributed by atoms with Crippen LogP contribution in [0, 0.1) is 0 Å². The Morgan fingerprint density at radius 2 is 1.57 bits per heavy atom. The Hall–Kier alpha value is -0.250. The van der Waals surface area contributed by atoms with Crippen LogP contribution in [0.1, 0.15) is 19.4 Å². The molecule has 5 heteroatoms. The zero-order valence-electron chi connectivity index (χ0n) is 7.79. The number of hydrogen-bond acceptors (Lipinski definition) is 2. The van der Waals surface area contributed by atoms with Gasteiger partial charge in [-0.3, -0.25) is 0 Å². The molecule has 0 saturated carbocycles. The van der Waals surface area contributed by atoms with Gasteiger partial charge in [-0.25, -0.2) is 8.42 Å². The Morgan fingerprint density at radius 1 is 1.14 bits per heavy atom. The number of hydrogen-bond donors (Lipinski definition) is 0. The van der Waals surface area contributed by atoms with E-state index in [1.165, 1.54) is 12.1 Å². The Bertz CT molecular complexity index is 415. The van der Waals surface area contributed by atoms with Gasteiger partial charge in [0.2, 0.25) is 0 Å². The summed E-state index contributed by atoms with van der Waals surface area (Å²) in [5.41, 5.74) is 0.850. The molecule has 0 saturated heterocycles. The van der Waals surface area contributed by atoms with Gasteiger partial charge < -0.3 is 0 Å². The summed E-state index contributed by atoms with van der Waals surface area (Å²) in [4.78, 5) is -0.418. The second-order valence-electron chi connectivity index (χ2n) is 3.43. The van der Waals surface area contributed by atoms with Crippen LogP contribution in [0.4, 0.5) is 0 Å². The van der Waals surface area contributed by atoms with Crippen LogP contribution in [-0.2, 0) is 13.9 Å².